The summed E-state index contributed by atoms with van der Waals surface area (Å²) in [5, 5.41) is 8.77. The number of carboxylic acid groups (broad SMARTS) is 1. The van der Waals surface area contributed by atoms with Crippen LogP contribution in [0.1, 0.15) is 21.8 Å². The fourth-order valence-electron chi connectivity index (χ4n) is 1.33. The van der Waals surface area contributed by atoms with Gasteiger partial charge in [0.2, 0.25) is 0 Å². The molecule has 0 spiro atoms. The first-order valence-corrected chi connectivity index (χ1v) is 5.47. The average molecular weight is 255 g/mol. The molecular formula is C11H7F2NO2S. The molecule has 3 nitrogen and oxygen atoms in total. The predicted octanol–water partition coefficient (Wildman–Crippen LogP) is 3.45. The van der Waals surface area contributed by atoms with Gasteiger partial charge in [-0.25, -0.2) is 18.6 Å². The van der Waals surface area contributed by atoms with Gasteiger partial charge in [-0.2, -0.15) is 0 Å². The van der Waals surface area contributed by atoms with E-state index in [4.69, 9.17) is 5.11 Å². The topological polar surface area (TPSA) is 50.2 Å². The summed E-state index contributed by atoms with van der Waals surface area (Å²) < 4.78 is 24.8. The summed E-state index contributed by atoms with van der Waals surface area (Å²) in [4.78, 5) is 15.0. The molecule has 2 heterocycles. The number of thiophene rings is 1. The van der Waals surface area contributed by atoms with Crippen LogP contribution >= 0.6 is 11.3 Å². The Morgan fingerprint density at radius 2 is 2.12 bits per heavy atom. The Labute approximate surface area is 99.4 Å². The number of hydrogen-bond acceptors (Lipinski definition) is 3. The van der Waals surface area contributed by atoms with Gasteiger partial charge in [0.25, 0.3) is 6.43 Å². The Balaban J connectivity index is 2.38. The number of rotatable bonds is 3. The first-order chi connectivity index (χ1) is 8.08. The van der Waals surface area contributed by atoms with Gasteiger partial charge < -0.3 is 5.11 Å². The highest BCUT2D eigenvalue weighted by Crippen LogP contribution is 2.33. The van der Waals surface area contributed by atoms with Crippen LogP contribution < -0.4 is 0 Å². The summed E-state index contributed by atoms with van der Waals surface area (Å²) in [5.41, 5.74) is 0.476. The van der Waals surface area contributed by atoms with Crippen molar-refractivity contribution in [1.82, 2.24) is 4.98 Å². The third kappa shape index (κ3) is 2.47. The van der Waals surface area contributed by atoms with E-state index in [-0.39, 0.29) is 10.6 Å². The molecule has 2 aromatic rings. The highest BCUT2D eigenvalue weighted by atomic mass is 32.1. The summed E-state index contributed by atoms with van der Waals surface area (Å²) in [5.74, 6) is -1.14. The number of aromatic nitrogens is 1. The molecule has 0 saturated carbocycles. The summed E-state index contributed by atoms with van der Waals surface area (Å²) in [6.45, 7) is 0. The molecule has 0 atom stereocenters. The lowest BCUT2D eigenvalue weighted by atomic mass is 10.2. The minimum atomic E-state index is -2.51. The molecule has 0 aliphatic heterocycles. The van der Waals surface area contributed by atoms with Crippen molar-refractivity contribution in [1.29, 1.82) is 0 Å². The zero-order valence-electron chi connectivity index (χ0n) is 8.43. The smallest absolute Gasteiger partial charge is 0.354 e. The van der Waals surface area contributed by atoms with Gasteiger partial charge in [0.1, 0.15) is 5.69 Å². The molecule has 0 aliphatic carbocycles. The first kappa shape index (κ1) is 11.7. The van der Waals surface area contributed by atoms with Crippen molar-refractivity contribution in [2.24, 2.45) is 0 Å². The maximum Gasteiger partial charge on any atom is 0.354 e. The summed E-state index contributed by atoms with van der Waals surface area (Å²) in [6.07, 6.45) is -1.16. The number of alkyl halides is 2. The Bertz CT molecular complexity index is 554. The number of aromatic carboxylic acids is 1. The maximum absolute atomic E-state index is 12.4. The Morgan fingerprint density at radius 1 is 1.35 bits per heavy atom. The molecule has 2 rings (SSSR count). The number of nitrogens with zero attached hydrogens (tertiary/aromatic N) is 1. The van der Waals surface area contributed by atoms with Gasteiger partial charge in [0.15, 0.2) is 0 Å². The van der Waals surface area contributed by atoms with Crippen molar-refractivity contribution >= 4 is 17.3 Å². The molecule has 0 radical (unpaired) electrons. The van der Waals surface area contributed by atoms with Crippen molar-refractivity contribution in [2.75, 3.05) is 0 Å². The monoisotopic (exact) mass is 255 g/mol. The third-order valence-corrected chi connectivity index (χ3v) is 3.25. The van der Waals surface area contributed by atoms with Crippen LogP contribution in [0.25, 0.3) is 10.4 Å². The average Bonchev–Trinajstić information content (AvgIpc) is 2.78. The molecule has 6 heteroatoms. The lowest BCUT2D eigenvalue weighted by Crippen LogP contribution is -1.99. The summed E-state index contributed by atoms with van der Waals surface area (Å²) in [7, 11) is 0. The normalized spacial score (nSPS) is 10.8. The number of hydrogen-bond donors (Lipinski definition) is 1. The SMILES string of the molecule is O=C(O)c1cc(-c2ccc(C(F)F)s2)ccn1. The molecule has 1 N–H and O–H groups in total. The van der Waals surface area contributed by atoms with E-state index < -0.39 is 12.4 Å². The van der Waals surface area contributed by atoms with Gasteiger partial charge in [-0.05, 0) is 29.8 Å². The third-order valence-electron chi connectivity index (χ3n) is 2.11. The minimum Gasteiger partial charge on any atom is -0.477 e. The van der Waals surface area contributed by atoms with Crippen LogP contribution in [0.15, 0.2) is 30.5 Å². The van der Waals surface area contributed by atoms with Crippen LogP contribution in [0, 0.1) is 0 Å². The van der Waals surface area contributed by atoms with Crippen molar-refractivity contribution in [2.45, 2.75) is 6.43 Å². The van der Waals surface area contributed by atoms with E-state index in [0.717, 1.165) is 11.3 Å². The van der Waals surface area contributed by atoms with Gasteiger partial charge in [-0.1, -0.05) is 0 Å². The van der Waals surface area contributed by atoms with E-state index >= 15 is 0 Å². The zero-order valence-corrected chi connectivity index (χ0v) is 9.25. The van der Waals surface area contributed by atoms with Crippen LogP contribution in [0.5, 0.6) is 0 Å². The predicted molar refractivity (Wildman–Crippen MR) is 59.5 cm³/mol. The van der Waals surface area contributed by atoms with E-state index in [2.05, 4.69) is 4.98 Å². The van der Waals surface area contributed by atoms with Crippen molar-refractivity contribution in [3.8, 4) is 10.4 Å². The van der Waals surface area contributed by atoms with E-state index in [1.54, 1.807) is 12.1 Å². The Morgan fingerprint density at radius 3 is 2.71 bits per heavy atom. The Hall–Kier alpha value is -1.82. The highest BCUT2D eigenvalue weighted by molar-refractivity contribution is 7.15. The van der Waals surface area contributed by atoms with Gasteiger partial charge in [0.05, 0.1) is 4.88 Å². The van der Waals surface area contributed by atoms with Gasteiger partial charge in [0, 0.05) is 11.1 Å². The molecule has 0 bridgehead atoms. The number of carbonyl (C=O) groups is 1. The van der Waals surface area contributed by atoms with Crippen molar-refractivity contribution in [3.05, 3.63) is 41.0 Å². The zero-order chi connectivity index (χ0) is 12.4. The molecule has 0 aliphatic rings. The lowest BCUT2D eigenvalue weighted by molar-refractivity contribution is 0.0690. The van der Waals surface area contributed by atoms with Crippen molar-refractivity contribution in [3.63, 3.8) is 0 Å². The van der Waals surface area contributed by atoms with Crippen LogP contribution in [-0.4, -0.2) is 16.1 Å². The van der Waals surface area contributed by atoms with Gasteiger partial charge >= 0.3 is 5.97 Å². The largest absolute Gasteiger partial charge is 0.477 e. The minimum absolute atomic E-state index is 0.0336. The standard InChI is InChI=1S/C11H7F2NO2S/c12-10(13)9-2-1-8(17-9)6-3-4-14-7(5-6)11(15)16/h1-5,10H,(H,15,16). The van der Waals surface area contributed by atoms with Crippen LogP contribution in [-0.2, 0) is 0 Å². The summed E-state index contributed by atoms with van der Waals surface area (Å²) in [6, 6.07) is 5.84. The molecule has 0 amide bonds. The molecule has 0 unspecified atom stereocenters. The van der Waals surface area contributed by atoms with Gasteiger partial charge in [-0.3, -0.25) is 0 Å². The van der Waals surface area contributed by atoms with Crippen molar-refractivity contribution < 1.29 is 18.7 Å². The first-order valence-electron chi connectivity index (χ1n) is 4.65. The molecule has 17 heavy (non-hydrogen) atoms. The number of pyridine rings is 1. The quantitative estimate of drug-likeness (QED) is 0.913. The second-order valence-electron chi connectivity index (χ2n) is 3.24. The number of halogens is 2. The van der Waals surface area contributed by atoms with E-state index in [0.29, 0.717) is 10.4 Å². The second kappa shape index (κ2) is 4.58. The number of carboxylic acids is 1. The van der Waals surface area contributed by atoms with E-state index in [1.807, 2.05) is 0 Å². The molecular weight excluding hydrogens is 248 g/mol. The second-order valence-corrected chi connectivity index (χ2v) is 4.35. The summed E-state index contributed by atoms with van der Waals surface area (Å²) >= 11 is 0.944. The fraction of sp³-hybridized carbons (Fsp3) is 0.0909. The van der Waals surface area contributed by atoms with Crippen LogP contribution in [0.4, 0.5) is 8.78 Å². The van der Waals surface area contributed by atoms with E-state index in [1.165, 1.54) is 18.3 Å². The van der Waals surface area contributed by atoms with Gasteiger partial charge in [-0.15, -0.1) is 11.3 Å². The maximum atomic E-state index is 12.4. The molecule has 0 fully saturated rings. The van der Waals surface area contributed by atoms with Crippen LogP contribution in [0.3, 0.4) is 0 Å². The Kier molecular flexibility index (Phi) is 3.14. The fourth-order valence-corrected chi connectivity index (χ4v) is 2.19. The highest BCUT2D eigenvalue weighted by Gasteiger charge is 2.12. The lowest BCUT2D eigenvalue weighted by Gasteiger charge is -1.98. The molecule has 2 aromatic heterocycles. The molecule has 88 valence electrons. The molecule has 0 aromatic carbocycles. The van der Waals surface area contributed by atoms with Crippen LogP contribution in [0.2, 0.25) is 0 Å². The molecule has 0 saturated heterocycles. The van der Waals surface area contributed by atoms with E-state index in [9.17, 15) is 13.6 Å².